The second-order valence-corrected chi connectivity index (χ2v) is 6.23. The maximum Gasteiger partial charge on any atom is 0.228 e. The van der Waals surface area contributed by atoms with Crippen LogP contribution in [0.3, 0.4) is 0 Å². The number of nitrogens with zero attached hydrogens (tertiary/aromatic N) is 1. The Morgan fingerprint density at radius 3 is 2.46 bits per heavy atom. The maximum atomic E-state index is 12.9. The fraction of sp³-hybridized carbons (Fsp3) is 0.143. The molecule has 0 unspecified atom stereocenters. The number of pyridine rings is 1. The van der Waals surface area contributed by atoms with E-state index < -0.39 is 0 Å². The standard InChI is InChI=1S/C21H20FN3O/c1-14-3-9-19(15(2)11-14)25-20-10-8-18(13-23-20)24-21(26)12-16-4-6-17(22)7-5-16/h3-11,13H,12H2,1-2H3,(H,23,25)(H,24,26). The molecule has 0 aliphatic rings. The van der Waals surface area contributed by atoms with E-state index >= 15 is 0 Å². The summed E-state index contributed by atoms with van der Waals surface area (Å²) in [5.74, 6) is 0.215. The van der Waals surface area contributed by atoms with Gasteiger partial charge in [0.05, 0.1) is 18.3 Å². The summed E-state index contributed by atoms with van der Waals surface area (Å²) in [5, 5.41) is 6.06. The molecular weight excluding hydrogens is 329 g/mol. The van der Waals surface area contributed by atoms with E-state index in [0.717, 1.165) is 16.8 Å². The third-order valence-electron chi connectivity index (χ3n) is 3.97. The molecule has 2 N–H and O–H groups in total. The lowest BCUT2D eigenvalue weighted by Crippen LogP contribution is -2.14. The van der Waals surface area contributed by atoms with Crippen molar-refractivity contribution in [3.05, 3.63) is 83.3 Å². The van der Waals surface area contributed by atoms with E-state index in [-0.39, 0.29) is 18.1 Å². The summed E-state index contributed by atoms with van der Waals surface area (Å²) in [7, 11) is 0. The van der Waals surface area contributed by atoms with Gasteiger partial charge in [-0.25, -0.2) is 9.37 Å². The highest BCUT2D eigenvalue weighted by Crippen LogP contribution is 2.21. The molecule has 1 heterocycles. The summed E-state index contributed by atoms with van der Waals surface area (Å²) in [4.78, 5) is 16.4. The third kappa shape index (κ3) is 4.66. The van der Waals surface area contributed by atoms with Gasteiger partial charge in [-0.1, -0.05) is 29.8 Å². The molecule has 1 aromatic heterocycles. The van der Waals surface area contributed by atoms with E-state index in [0.29, 0.717) is 11.5 Å². The van der Waals surface area contributed by atoms with E-state index in [1.165, 1.54) is 17.7 Å². The first-order chi connectivity index (χ1) is 12.5. The predicted molar refractivity (Wildman–Crippen MR) is 102 cm³/mol. The van der Waals surface area contributed by atoms with Crippen LogP contribution in [0.15, 0.2) is 60.8 Å². The topological polar surface area (TPSA) is 54.0 Å². The molecule has 0 aliphatic carbocycles. The monoisotopic (exact) mass is 349 g/mol. The number of hydrogen-bond acceptors (Lipinski definition) is 3. The van der Waals surface area contributed by atoms with E-state index in [9.17, 15) is 9.18 Å². The molecule has 0 atom stereocenters. The smallest absolute Gasteiger partial charge is 0.228 e. The number of carbonyl (C=O) groups is 1. The van der Waals surface area contributed by atoms with Gasteiger partial charge in [0, 0.05) is 5.69 Å². The number of anilines is 3. The molecule has 0 saturated carbocycles. The molecule has 5 heteroatoms. The molecule has 132 valence electrons. The molecule has 1 amide bonds. The van der Waals surface area contributed by atoms with Crippen molar-refractivity contribution < 1.29 is 9.18 Å². The molecule has 0 aliphatic heterocycles. The van der Waals surface area contributed by atoms with Gasteiger partial charge < -0.3 is 10.6 Å². The van der Waals surface area contributed by atoms with Gasteiger partial charge in [0.2, 0.25) is 5.91 Å². The highest BCUT2D eigenvalue weighted by atomic mass is 19.1. The molecule has 0 spiro atoms. The minimum absolute atomic E-state index is 0.173. The Morgan fingerprint density at radius 2 is 1.81 bits per heavy atom. The van der Waals surface area contributed by atoms with Crippen LogP contribution in [0.2, 0.25) is 0 Å². The van der Waals surface area contributed by atoms with Crippen molar-refractivity contribution in [3.8, 4) is 0 Å². The normalized spacial score (nSPS) is 10.4. The number of rotatable bonds is 5. The molecule has 0 saturated heterocycles. The van der Waals surface area contributed by atoms with Crippen LogP contribution in [0, 0.1) is 19.7 Å². The lowest BCUT2D eigenvalue weighted by atomic mass is 10.1. The Balaban J connectivity index is 1.60. The Kier molecular flexibility index (Phi) is 5.27. The summed E-state index contributed by atoms with van der Waals surface area (Å²) in [6, 6.07) is 15.7. The second kappa shape index (κ2) is 7.78. The van der Waals surface area contributed by atoms with Crippen molar-refractivity contribution >= 4 is 23.1 Å². The zero-order chi connectivity index (χ0) is 18.5. The minimum atomic E-state index is -0.315. The predicted octanol–water partition coefficient (Wildman–Crippen LogP) is 4.76. The molecule has 26 heavy (non-hydrogen) atoms. The maximum absolute atomic E-state index is 12.9. The van der Waals surface area contributed by atoms with Gasteiger partial charge in [-0.15, -0.1) is 0 Å². The van der Waals surface area contributed by atoms with Gasteiger partial charge in [0.1, 0.15) is 11.6 Å². The van der Waals surface area contributed by atoms with Gasteiger partial charge in [-0.3, -0.25) is 4.79 Å². The largest absolute Gasteiger partial charge is 0.340 e. The zero-order valence-corrected chi connectivity index (χ0v) is 14.7. The van der Waals surface area contributed by atoms with Crippen LogP contribution in [-0.2, 0) is 11.2 Å². The first-order valence-corrected chi connectivity index (χ1v) is 8.34. The molecule has 0 bridgehead atoms. The van der Waals surface area contributed by atoms with Crippen molar-refractivity contribution in [2.45, 2.75) is 20.3 Å². The Bertz CT molecular complexity index is 906. The summed E-state index contributed by atoms with van der Waals surface area (Å²) >= 11 is 0. The first-order valence-electron chi connectivity index (χ1n) is 8.34. The fourth-order valence-electron chi connectivity index (χ4n) is 2.63. The minimum Gasteiger partial charge on any atom is -0.340 e. The van der Waals surface area contributed by atoms with Crippen LogP contribution in [0.5, 0.6) is 0 Å². The second-order valence-electron chi connectivity index (χ2n) is 6.23. The van der Waals surface area contributed by atoms with Gasteiger partial charge >= 0.3 is 0 Å². The molecule has 3 aromatic rings. The van der Waals surface area contributed by atoms with E-state index in [1.807, 2.05) is 25.1 Å². The first kappa shape index (κ1) is 17.6. The van der Waals surface area contributed by atoms with E-state index in [4.69, 9.17) is 0 Å². The average Bonchev–Trinajstić information content (AvgIpc) is 2.61. The number of nitrogens with one attached hydrogen (secondary N) is 2. The van der Waals surface area contributed by atoms with Crippen LogP contribution in [0.1, 0.15) is 16.7 Å². The number of carbonyl (C=O) groups excluding carboxylic acids is 1. The average molecular weight is 349 g/mol. The summed E-state index contributed by atoms with van der Waals surface area (Å²) < 4.78 is 12.9. The highest BCUT2D eigenvalue weighted by Gasteiger charge is 2.06. The van der Waals surface area contributed by atoms with Gasteiger partial charge in [-0.2, -0.15) is 0 Å². The number of halogens is 1. The van der Waals surface area contributed by atoms with Gasteiger partial charge in [0.15, 0.2) is 0 Å². The number of hydrogen-bond donors (Lipinski definition) is 2. The third-order valence-corrected chi connectivity index (χ3v) is 3.97. The molecular formula is C21H20FN3O. The molecule has 4 nitrogen and oxygen atoms in total. The van der Waals surface area contributed by atoms with Crippen molar-refractivity contribution in [2.75, 3.05) is 10.6 Å². The van der Waals surface area contributed by atoms with E-state index in [1.54, 1.807) is 24.4 Å². The highest BCUT2D eigenvalue weighted by molar-refractivity contribution is 5.92. The van der Waals surface area contributed by atoms with Gasteiger partial charge in [-0.05, 0) is 55.3 Å². The molecule has 2 aromatic carbocycles. The van der Waals surface area contributed by atoms with Crippen molar-refractivity contribution in [3.63, 3.8) is 0 Å². The van der Waals surface area contributed by atoms with Crippen LogP contribution in [0.25, 0.3) is 0 Å². The Labute approximate surface area is 152 Å². The number of benzene rings is 2. The lowest BCUT2D eigenvalue weighted by molar-refractivity contribution is -0.115. The number of aromatic nitrogens is 1. The van der Waals surface area contributed by atoms with Gasteiger partial charge in [0.25, 0.3) is 0 Å². The van der Waals surface area contributed by atoms with Crippen LogP contribution in [-0.4, -0.2) is 10.9 Å². The summed E-state index contributed by atoms with van der Waals surface area (Å²) in [6.45, 7) is 4.10. The number of amides is 1. The summed E-state index contributed by atoms with van der Waals surface area (Å²) in [5.41, 5.74) is 4.72. The Hall–Kier alpha value is -3.21. The fourth-order valence-corrected chi connectivity index (χ4v) is 2.63. The lowest BCUT2D eigenvalue weighted by Gasteiger charge is -2.10. The quantitative estimate of drug-likeness (QED) is 0.698. The Morgan fingerprint density at radius 1 is 1.04 bits per heavy atom. The molecule has 0 fully saturated rings. The van der Waals surface area contributed by atoms with Crippen molar-refractivity contribution in [1.82, 2.24) is 4.98 Å². The zero-order valence-electron chi connectivity index (χ0n) is 14.7. The van der Waals surface area contributed by atoms with Crippen LogP contribution in [0.4, 0.5) is 21.6 Å². The van der Waals surface area contributed by atoms with Crippen LogP contribution < -0.4 is 10.6 Å². The molecule has 0 radical (unpaired) electrons. The van der Waals surface area contributed by atoms with E-state index in [2.05, 4.69) is 28.6 Å². The van der Waals surface area contributed by atoms with Crippen molar-refractivity contribution in [2.24, 2.45) is 0 Å². The summed E-state index contributed by atoms with van der Waals surface area (Å²) in [6.07, 6.45) is 1.79. The molecule has 3 rings (SSSR count). The number of aryl methyl sites for hydroxylation is 2. The SMILES string of the molecule is Cc1ccc(Nc2ccc(NC(=O)Cc3ccc(F)cc3)cn2)c(C)c1. The van der Waals surface area contributed by atoms with Crippen molar-refractivity contribution in [1.29, 1.82) is 0 Å². The van der Waals surface area contributed by atoms with Crippen LogP contribution >= 0.6 is 0 Å².